The van der Waals surface area contributed by atoms with Crippen molar-refractivity contribution in [3.8, 4) is 0 Å². The van der Waals surface area contributed by atoms with Crippen molar-refractivity contribution in [2.24, 2.45) is 0 Å². The van der Waals surface area contributed by atoms with Crippen LogP contribution >= 0.6 is 0 Å². The first-order chi connectivity index (χ1) is 14.6. The Morgan fingerprint density at radius 2 is 1.00 bits per heavy atom. The van der Waals surface area contributed by atoms with Crippen molar-refractivity contribution >= 4 is 0 Å². The standard InChI is InChI=1S/C30H28/c1-21-12-4-8-16-25(21)29-20-24-15-7-11-19-28(24)30(29,26-17-9-5-13-22(26)2)27-18-10-6-14-23(27)3/h4-19,29H,20H2,1-3H3. The number of hydrogen-bond donors (Lipinski definition) is 0. The van der Waals surface area contributed by atoms with Crippen LogP contribution in [-0.4, -0.2) is 0 Å². The summed E-state index contributed by atoms with van der Waals surface area (Å²) in [7, 11) is 0. The Kier molecular flexibility index (Phi) is 4.59. The minimum Gasteiger partial charge on any atom is -0.0620 e. The number of hydrogen-bond acceptors (Lipinski definition) is 0. The first kappa shape index (κ1) is 18.9. The lowest BCUT2D eigenvalue weighted by Crippen LogP contribution is -2.35. The molecule has 1 aliphatic carbocycles. The van der Waals surface area contributed by atoms with E-state index in [0.717, 1.165) is 6.42 Å². The molecule has 4 aromatic rings. The van der Waals surface area contributed by atoms with Gasteiger partial charge in [0.05, 0.1) is 5.41 Å². The molecule has 1 aliphatic rings. The SMILES string of the molecule is Cc1ccccc1C1Cc2ccccc2C1(c1ccccc1C)c1ccccc1C. The van der Waals surface area contributed by atoms with E-state index in [9.17, 15) is 0 Å². The second-order valence-electron chi connectivity index (χ2n) is 8.71. The summed E-state index contributed by atoms with van der Waals surface area (Å²) in [6, 6.07) is 36.1. The van der Waals surface area contributed by atoms with E-state index in [1.807, 2.05) is 0 Å². The number of benzene rings is 4. The highest BCUT2D eigenvalue weighted by atomic mass is 14.5. The molecule has 0 amide bonds. The summed E-state index contributed by atoms with van der Waals surface area (Å²) in [5.41, 5.74) is 11.1. The van der Waals surface area contributed by atoms with Gasteiger partial charge in [-0.05, 0) is 71.7 Å². The predicted octanol–water partition coefficient (Wildman–Crippen LogP) is 7.29. The molecule has 0 saturated carbocycles. The maximum Gasteiger partial charge on any atom is 0.0530 e. The summed E-state index contributed by atoms with van der Waals surface area (Å²) in [5, 5.41) is 0. The summed E-state index contributed by atoms with van der Waals surface area (Å²) in [6.07, 6.45) is 1.06. The number of aryl methyl sites for hydroxylation is 3. The molecule has 0 spiro atoms. The molecule has 0 aliphatic heterocycles. The molecule has 5 rings (SSSR count). The van der Waals surface area contributed by atoms with Crippen LogP contribution < -0.4 is 0 Å². The highest BCUT2D eigenvalue weighted by Crippen LogP contribution is 2.58. The molecule has 0 bridgehead atoms. The lowest BCUT2D eigenvalue weighted by Gasteiger charge is -2.41. The minimum atomic E-state index is -0.195. The Balaban J connectivity index is 1.95. The van der Waals surface area contributed by atoms with Gasteiger partial charge in [-0.3, -0.25) is 0 Å². The molecule has 0 heteroatoms. The number of fused-ring (bicyclic) bond motifs is 1. The monoisotopic (exact) mass is 388 g/mol. The zero-order valence-electron chi connectivity index (χ0n) is 18.0. The summed E-state index contributed by atoms with van der Waals surface area (Å²) in [5.74, 6) is 0.360. The zero-order valence-corrected chi connectivity index (χ0v) is 18.0. The van der Waals surface area contributed by atoms with Crippen LogP contribution in [0, 0.1) is 20.8 Å². The molecule has 0 N–H and O–H groups in total. The Morgan fingerprint density at radius 3 is 1.57 bits per heavy atom. The van der Waals surface area contributed by atoms with E-state index in [-0.39, 0.29) is 5.41 Å². The van der Waals surface area contributed by atoms with E-state index in [0.29, 0.717) is 5.92 Å². The highest BCUT2D eigenvalue weighted by Gasteiger charge is 2.51. The zero-order chi connectivity index (χ0) is 20.7. The molecule has 0 aromatic heterocycles. The van der Waals surface area contributed by atoms with Crippen molar-refractivity contribution in [1.82, 2.24) is 0 Å². The maximum absolute atomic E-state index is 2.37. The van der Waals surface area contributed by atoms with Crippen LogP contribution in [0.2, 0.25) is 0 Å². The molecule has 30 heavy (non-hydrogen) atoms. The summed E-state index contributed by atoms with van der Waals surface area (Å²) in [4.78, 5) is 0. The van der Waals surface area contributed by atoms with E-state index >= 15 is 0 Å². The van der Waals surface area contributed by atoms with Crippen LogP contribution in [0.25, 0.3) is 0 Å². The van der Waals surface area contributed by atoms with Crippen LogP contribution in [0.5, 0.6) is 0 Å². The van der Waals surface area contributed by atoms with Gasteiger partial charge in [0.2, 0.25) is 0 Å². The van der Waals surface area contributed by atoms with E-state index in [1.165, 1.54) is 44.5 Å². The van der Waals surface area contributed by atoms with Crippen LogP contribution in [0.1, 0.15) is 50.4 Å². The second-order valence-corrected chi connectivity index (χ2v) is 8.71. The van der Waals surface area contributed by atoms with Gasteiger partial charge >= 0.3 is 0 Å². The van der Waals surface area contributed by atoms with Crippen LogP contribution in [-0.2, 0) is 11.8 Å². The van der Waals surface area contributed by atoms with Crippen LogP contribution in [0.15, 0.2) is 97.1 Å². The van der Waals surface area contributed by atoms with Gasteiger partial charge in [-0.25, -0.2) is 0 Å². The molecule has 148 valence electrons. The molecule has 1 atom stereocenters. The molecule has 1 unspecified atom stereocenters. The highest BCUT2D eigenvalue weighted by molar-refractivity contribution is 5.64. The fraction of sp³-hybridized carbons (Fsp3) is 0.200. The van der Waals surface area contributed by atoms with Gasteiger partial charge in [0.25, 0.3) is 0 Å². The molecular formula is C30H28. The van der Waals surface area contributed by atoms with Crippen molar-refractivity contribution in [2.75, 3.05) is 0 Å². The molecular weight excluding hydrogens is 360 g/mol. The van der Waals surface area contributed by atoms with E-state index in [1.54, 1.807) is 0 Å². The van der Waals surface area contributed by atoms with Gasteiger partial charge in [-0.1, -0.05) is 97.1 Å². The van der Waals surface area contributed by atoms with E-state index < -0.39 is 0 Å². The molecule has 0 heterocycles. The third-order valence-electron chi connectivity index (χ3n) is 7.09. The van der Waals surface area contributed by atoms with Crippen molar-refractivity contribution in [2.45, 2.75) is 38.5 Å². The van der Waals surface area contributed by atoms with Crippen LogP contribution in [0.3, 0.4) is 0 Å². The Bertz CT molecular complexity index is 1170. The summed E-state index contributed by atoms with van der Waals surface area (Å²) in [6.45, 7) is 6.80. The third-order valence-corrected chi connectivity index (χ3v) is 7.09. The third kappa shape index (κ3) is 2.67. The summed E-state index contributed by atoms with van der Waals surface area (Å²) < 4.78 is 0. The van der Waals surface area contributed by atoms with Crippen molar-refractivity contribution in [3.63, 3.8) is 0 Å². The van der Waals surface area contributed by atoms with Gasteiger partial charge in [-0.2, -0.15) is 0 Å². The molecule has 4 aromatic carbocycles. The second kappa shape index (κ2) is 7.29. The quantitative estimate of drug-likeness (QED) is 0.346. The largest absolute Gasteiger partial charge is 0.0620 e. The van der Waals surface area contributed by atoms with E-state index in [2.05, 4.69) is 118 Å². The lowest BCUT2D eigenvalue weighted by molar-refractivity contribution is 0.513. The molecule has 0 nitrogen and oxygen atoms in total. The smallest absolute Gasteiger partial charge is 0.0530 e. The fourth-order valence-corrected chi connectivity index (χ4v) is 5.81. The van der Waals surface area contributed by atoms with Gasteiger partial charge in [-0.15, -0.1) is 0 Å². The topological polar surface area (TPSA) is 0 Å². The van der Waals surface area contributed by atoms with Crippen molar-refractivity contribution < 1.29 is 0 Å². The Morgan fingerprint density at radius 1 is 0.533 bits per heavy atom. The van der Waals surface area contributed by atoms with Crippen molar-refractivity contribution in [1.29, 1.82) is 0 Å². The van der Waals surface area contributed by atoms with Gasteiger partial charge < -0.3 is 0 Å². The van der Waals surface area contributed by atoms with Gasteiger partial charge in [0.1, 0.15) is 0 Å². The average molecular weight is 389 g/mol. The van der Waals surface area contributed by atoms with Crippen molar-refractivity contribution in [3.05, 3.63) is 142 Å². The van der Waals surface area contributed by atoms with Crippen LogP contribution in [0.4, 0.5) is 0 Å². The average Bonchev–Trinajstić information content (AvgIpc) is 3.10. The van der Waals surface area contributed by atoms with Gasteiger partial charge in [0, 0.05) is 5.92 Å². The number of rotatable bonds is 3. The fourth-order valence-electron chi connectivity index (χ4n) is 5.81. The predicted molar refractivity (Wildman–Crippen MR) is 126 cm³/mol. The maximum atomic E-state index is 2.37. The van der Waals surface area contributed by atoms with E-state index in [4.69, 9.17) is 0 Å². The first-order valence-corrected chi connectivity index (χ1v) is 10.9. The molecule has 0 fully saturated rings. The summed E-state index contributed by atoms with van der Waals surface area (Å²) >= 11 is 0. The lowest BCUT2D eigenvalue weighted by atomic mass is 9.61. The normalized spacial score (nSPS) is 17.0. The van der Waals surface area contributed by atoms with Gasteiger partial charge in [0.15, 0.2) is 0 Å². The first-order valence-electron chi connectivity index (χ1n) is 10.9. The molecule has 0 radical (unpaired) electrons. The minimum absolute atomic E-state index is 0.195. The molecule has 0 saturated heterocycles. The Hall–Kier alpha value is -3.12. The Labute approximate surface area is 180 Å².